The molecule has 2 N–H and O–H groups in total. The molecule has 1 atom stereocenters. The molecule has 15 heavy (non-hydrogen) atoms. The molecule has 0 bridgehead atoms. The number of H-pyrrole nitrogens is 1. The van der Waals surface area contributed by atoms with Gasteiger partial charge in [-0.2, -0.15) is 5.10 Å². The summed E-state index contributed by atoms with van der Waals surface area (Å²) in [5.41, 5.74) is 2.32. The van der Waals surface area contributed by atoms with E-state index in [0.717, 1.165) is 18.8 Å². The largest absolute Gasteiger partial charge is 0.316 e. The van der Waals surface area contributed by atoms with Gasteiger partial charge in [0, 0.05) is 30.6 Å². The summed E-state index contributed by atoms with van der Waals surface area (Å²) >= 11 is 0. The predicted octanol–water partition coefficient (Wildman–Crippen LogP) is 0.672. The van der Waals surface area contributed by atoms with Crippen LogP contribution in [-0.2, 0) is 0 Å². The van der Waals surface area contributed by atoms with Gasteiger partial charge in [0.2, 0.25) is 0 Å². The number of aromatic amines is 1. The van der Waals surface area contributed by atoms with Gasteiger partial charge in [-0.25, -0.2) is 4.98 Å². The van der Waals surface area contributed by atoms with Crippen LogP contribution in [0.25, 0.3) is 5.69 Å². The molecule has 3 rings (SSSR count). The Kier molecular flexibility index (Phi) is 2.03. The molecule has 5 nitrogen and oxygen atoms in total. The molecule has 78 valence electrons. The van der Waals surface area contributed by atoms with E-state index < -0.39 is 0 Å². The van der Waals surface area contributed by atoms with E-state index in [1.54, 1.807) is 0 Å². The number of nitrogens with one attached hydrogen (secondary N) is 2. The molecule has 0 amide bonds. The zero-order valence-corrected chi connectivity index (χ0v) is 8.35. The van der Waals surface area contributed by atoms with Crippen molar-refractivity contribution in [2.75, 3.05) is 13.1 Å². The van der Waals surface area contributed by atoms with E-state index in [9.17, 15) is 0 Å². The van der Waals surface area contributed by atoms with Gasteiger partial charge in [-0.05, 0) is 13.0 Å². The molecule has 0 spiro atoms. The fourth-order valence-electron chi connectivity index (χ4n) is 2.11. The lowest BCUT2D eigenvalue weighted by atomic mass is 10.1. The van der Waals surface area contributed by atoms with Crippen molar-refractivity contribution in [2.24, 2.45) is 0 Å². The van der Waals surface area contributed by atoms with Gasteiger partial charge in [-0.3, -0.25) is 9.67 Å². The van der Waals surface area contributed by atoms with Gasteiger partial charge < -0.3 is 5.32 Å². The van der Waals surface area contributed by atoms with Gasteiger partial charge in [-0.1, -0.05) is 0 Å². The highest BCUT2D eigenvalue weighted by Gasteiger charge is 2.20. The summed E-state index contributed by atoms with van der Waals surface area (Å²) in [6.07, 6.45) is 8.67. The summed E-state index contributed by atoms with van der Waals surface area (Å²) in [4.78, 5) is 4.22. The minimum Gasteiger partial charge on any atom is -0.316 e. The second kappa shape index (κ2) is 3.51. The van der Waals surface area contributed by atoms with Crippen molar-refractivity contribution in [3.05, 3.63) is 30.6 Å². The van der Waals surface area contributed by atoms with Gasteiger partial charge in [0.05, 0.1) is 18.2 Å². The lowest BCUT2D eigenvalue weighted by Crippen LogP contribution is -2.10. The summed E-state index contributed by atoms with van der Waals surface area (Å²) < 4.78 is 2.10. The van der Waals surface area contributed by atoms with E-state index in [2.05, 4.69) is 25.1 Å². The fourth-order valence-corrected chi connectivity index (χ4v) is 2.11. The molecular formula is C10H13N5. The summed E-state index contributed by atoms with van der Waals surface area (Å²) in [5, 5.41) is 10.1. The Labute approximate surface area is 87.5 Å². The van der Waals surface area contributed by atoms with E-state index in [-0.39, 0.29) is 0 Å². The highest BCUT2D eigenvalue weighted by Crippen LogP contribution is 2.23. The van der Waals surface area contributed by atoms with Crippen molar-refractivity contribution < 1.29 is 0 Å². The molecule has 1 unspecified atom stereocenters. The number of rotatable bonds is 2. The van der Waals surface area contributed by atoms with E-state index in [0.29, 0.717) is 5.92 Å². The number of aromatic nitrogens is 4. The van der Waals surface area contributed by atoms with Gasteiger partial charge in [0.1, 0.15) is 0 Å². The number of hydrogen-bond donors (Lipinski definition) is 2. The first-order valence-electron chi connectivity index (χ1n) is 5.17. The van der Waals surface area contributed by atoms with Crippen LogP contribution >= 0.6 is 0 Å². The van der Waals surface area contributed by atoms with E-state index >= 15 is 0 Å². The Bertz CT molecular complexity index is 424. The average Bonchev–Trinajstić information content (AvgIpc) is 3.01. The Balaban J connectivity index is 1.98. The Morgan fingerprint density at radius 1 is 1.40 bits per heavy atom. The number of nitrogens with zero attached hydrogens (tertiary/aromatic N) is 3. The molecule has 5 heteroatoms. The monoisotopic (exact) mass is 203 g/mol. The molecule has 1 saturated heterocycles. The number of hydrogen-bond acceptors (Lipinski definition) is 3. The summed E-state index contributed by atoms with van der Waals surface area (Å²) in [6, 6.07) is 0. The molecule has 0 saturated carbocycles. The summed E-state index contributed by atoms with van der Waals surface area (Å²) in [6.45, 7) is 2.14. The number of imidazole rings is 1. The van der Waals surface area contributed by atoms with Crippen LogP contribution in [0, 0.1) is 0 Å². The minimum absolute atomic E-state index is 0.572. The highest BCUT2D eigenvalue weighted by atomic mass is 15.2. The second-order valence-electron chi connectivity index (χ2n) is 3.83. The smallest absolute Gasteiger partial charge is 0.0995 e. The van der Waals surface area contributed by atoms with Crippen molar-refractivity contribution in [1.29, 1.82) is 0 Å². The summed E-state index contributed by atoms with van der Waals surface area (Å²) in [5.74, 6) is 0.572. The molecule has 1 aliphatic heterocycles. The van der Waals surface area contributed by atoms with Crippen molar-refractivity contribution in [1.82, 2.24) is 25.1 Å². The standard InChI is InChI=1S/C10H13N5/c1-2-11-3-8(1)10-6-12-7-15(10)9-4-13-14-5-9/h4-8,11H,1-3H2,(H,13,14). The molecule has 3 heterocycles. The van der Waals surface area contributed by atoms with Crippen LogP contribution in [0.1, 0.15) is 18.0 Å². The van der Waals surface area contributed by atoms with Gasteiger partial charge in [0.25, 0.3) is 0 Å². The van der Waals surface area contributed by atoms with Crippen LogP contribution in [0.5, 0.6) is 0 Å². The lowest BCUT2D eigenvalue weighted by molar-refractivity contribution is 0.714. The molecule has 1 aliphatic rings. The second-order valence-corrected chi connectivity index (χ2v) is 3.83. The zero-order chi connectivity index (χ0) is 10.1. The Hall–Kier alpha value is -1.62. The zero-order valence-electron chi connectivity index (χ0n) is 8.35. The third-order valence-electron chi connectivity index (χ3n) is 2.91. The van der Waals surface area contributed by atoms with Gasteiger partial charge >= 0.3 is 0 Å². The normalized spacial score (nSPS) is 20.9. The lowest BCUT2D eigenvalue weighted by Gasteiger charge is -2.10. The first-order valence-corrected chi connectivity index (χ1v) is 5.17. The van der Waals surface area contributed by atoms with Crippen molar-refractivity contribution in [3.63, 3.8) is 0 Å². The van der Waals surface area contributed by atoms with Crippen LogP contribution < -0.4 is 5.32 Å². The van der Waals surface area contributed by atoms with E-state index in [1.807, 2.05) is 24.9 Å². The van der Waals surface area contributed by atoms with E-state index in [4.69, 9.17) is 0 Å². The first kappa shape index (κ1) is 8.67. The minimum atomic E-state index is 0.572. The molecule has 2 aromatic heterocycles. The molecular weight excluding hydrogens is 190 g/mol. The molecule has 2 aromatic rings. The van der Waals surface area contributed by atoms with Crippen LogP contribution in [0.15, 0.2) is 24.9 Å². The van der Waals surface area contributed by atoms with Crippen molar-refractivity contribution in [3.8, 4) is 5.69 Å². The molecule has 1 fully saturated rings. The predicted molar refractivity (Wildman–Crippen MR) is 55.9 cm³/mol. The Morgan fingerprint density at radius 3 is 3.13 bits per heavy atom. The fraction of sp³-hybridized carbons (Fsp3) is 0.400. The van der Waals surface area contributed by atoms with Crippen molar-refractivity contribution in [2.45, 2.75) is 12.3 Å². The highest BCUT2D eigenvalue weighted by molar-refractivity contribution is 5.29. The topological polar surface area (TPSA) is 58.5 Å². The van der Waals surface area contributed by atoms with Crippen LogP contribution in [-0.4, -0.2) is 32.8 Å². The maximum Gasteiger partial charge on any atom is 0.0995 e. The molecule has 0 aliphatic carbocycles. The molecule has 0 aromatic carbocycles. The average molecular weight is 203 g/mol. The third kappa shape index (κ3) is 1.45. The van der Waals surface area contributed by atoms with Crippen LogP contribution in [0.3, 0.4) is 0 Å². The quantitative estimate of drug-likeness (QED) is 0.754. The maximum absolute atomic E-state index is 4.22. The van der Waals surface area contributed by atoms with E-state index in [1.165, 1.54) is 12.1 Å². The third-order valence-corrected chi connectivity index (χ3v) is 2.91. The van der Waals surface area contributed by atoms with Crippen LogP contribution in [0.4, 0.5) is 0 Å². The van der Waals surface area contributed by atoms with Gasteiger partial charge in [-0.15, -0.1) is 0 Å². The maximum atomic E-state index is 4.22. The molecule has 0 radical (unpaired) electrons. The Morgan fingerprint density at radius 2 is 2.40 bits per heavy atom. The SMILES string of the molecule is c1n[nH]cc1-n1cncc1C1CCNC1. The first-order chi connectivity index (χ1) is 7.45. The van der Waals surface area contributed by atoms with Gasteiger partial charge in [0.15, 0.2) is 0 Å². The van der Waals surface area contributed by atoms with Crippen LogP contribution in [0.2, 0.25) is 0 Å². The van der Waals surface area contributed by atoms with Crippen molar-refractivity contribution >= 4 is 0 Å². The summed E-state index contributed by atoms with van der Waals surface area (Å²) in [7, 11) is 0.